The summed E-state index contributed by atoms with van der Waals surface area (Å²) in [4.78, 5) is 3.78. The predicted molar refractivity (Wildman–Crippen MR) is 63.5 cm³/mol. The molecule has 0 saturated carbocycles. The lowest BCUT2D eigenvalue weighted by Crippen LogP contribution is -2.04. The number of benzene rings is 1. The monoisotopic (exact) mass is 270 g/mol. The lowest BCUT2D eigenvalue weighted by atomic mass is 10.2. The first-order valence-corrected chi connectivity index (χ1v) is 5.43. The van der Waals surface area contributed by atoms with Gasteiger partial charge in [0, 0.05) is 11.8 Å². The van der Waals surface area contributed by atoms with E-state index in [1.807, 2.05) is 0 Å². The van der Waals surface area contributed by atoms with E-state index in [0.29, 0.717) is 18.0 Å². The van der Waals surface area contributed by atoms with Gasteiger partial charge in [-0.2, -0.15) is 8.78 Å². The van der Waals surface area contributed by atoms with Gasteiger partial charge < -0.3 is 19.2 Å². The Hall–Kier alpha value is -2.31. The summed E-state index contributed by atoms with van der Waals surface area (Å²) in [5, 5.41) is 3.05. The molecular formula is C12H12F2N2O3. The zero-order chi connectivity index (χ0) is 13.7. The van der Waals surface area contributed by atoms with E-state index in [-0.39, 0.29) is 11.5 Å². The second kappa shape index (κ2) is 6.03. The summed E-state index contributed by atoms with van der Waals surface area (Å²) in [6.45, 7) is -2.46. The van der Waals surface area contributed by atoms with E-state index in [0.717, 1.165) is 0 Å². The smallest absolute Gasteiger partial charge is 0.387 e. The van der Waals surface area contributed by atoms with Crippen LogP contribution in [0, 0.1) is 0 Å². The number of alkyl halides is 2. The van der Waals surface area contributed by atoms with Gasteiger partial charge in [-0.05, 0) is 12.1 Å². The third-order valence-corrected chi connectivity index (χ3v) is 2.33. The van der Waals surface area contributed by atoms with E-state index in [1.54, 1.807) is 18.3 Å². The molecule has 1 aromatic carbocycles. The molecule has 0 fully saturated rings. The summed E-state index contributed by atoms with van der Waals surface area (Å²) in [6, 6.07) is 4.58. The Kier molecular flexibility index (Phi) is 4.17. The maximum Gasteiger partial charge on any atom is 0.387 e. The fourth-order valence-corrected chi connectivity index (χ4v) is 1.49. The van der Waals surface area contributed by atoms with Crippen LogP contribution in [0.25, 0.3) is 0 Å². The average molecular weight is 270 g/mol. The Labute approximate surface area is 108 Å². The Morgan fingerprint density at radius 1 is 1.37 bits per heavy atom. The molecule has 0 atom stereocenters. The SMILES string of the molecule is COc1cc(NCc2cnco2)ccc1OC(F)F. The topological polar surface area (TPSA) is 56.5 Å². The molecule has 102 valence electrons. The van der Waals surface area contributed by atoms with Crippen molar-refractivity contribution in [1.82, 2.24) is 4.98 Å². The number of aromatic nitrogens is 1. The molecule has 1 heterocycles. The molecule has 5 nitrogen and oxygen atoms in total. The molecule has 1 aromatic heterocycles. The number of methoxy groups -OCH3 is 1. The van der Waals surface area contributed by atoms with Crippen LogP contribution in [0.2, 0.25) is 0 Å². The van der Waals surface area contributed by atoms with Gasteiger partial charge in [-0.3, -0.25) is 0 Å². The number of anilines is 1. The number of hydrogen-bond acceptors (Lipinski definition) is 5. The molecule has 0 aliphatic carbocycles. The van der Waals surface area contributed by atoms with Crippen LogP contribution >= 0.6 is 0 Å². The molecule has 0 amide bonds. The molecule has 19 heavy (non-hydrogen) atoms. The minimum absolute atomic E-state index is 0.0114. The summed E-state index contributed by atoms with van der Waals surface area (Å²) in [7, 11) is 1.38. The zero-order valence-corrected chi connectivity index (χ0v) is 10.1. The van der Waals surface area contributed by atoms with Crippen molar-refractivity contribution >= 4 is 5.69 Å². The van der Waals surface area contributed by atoms with Crippen LogP contribution in [0.4, 0.5) is 14.5 Å². The van der Waals surface area contributed by atoms with Crippen LogP contribution in [0.5, 0.6) is 11.5 Å². The van der Waals surface area contributed by atoms with Crippen molar-refractivity contribution in [2.45, 2.75) is 13.2 Å². The minimum atomic E-state index is -2.89. The molecule has 0 aliphatic heterocycles. The van der Waals surface area contributed by atoms with Crippen LogP contribution in [0.3, 0.4) is 0 Å². The Morgan fingerprint density at radius 3 is 2.84 bits per heavy atom. The van der Waals surface area contributed by atoms with Gasteiger partial charge in [-0.1, -0.05) is 0 Å². The molecule has 7 heteroatoms. The summed E-state index contributed by atoms with van der Waals surface area (Å²) in [5.74, 6) is 0.873. The van der Waals surface area contributed by atoms with E-state index in [9.17, 15) is 8.78 Å². The predicted octanol–water partition coefficient (Wildman–Crippen LogP) is 2.90. The fraction of sp³-hybridized carbons (Fsp3) is 0.250. The fourth-order valence-electron chi connectivity index (χ4n) is 1.49. The number of ether oxygens (including phenoxy) is 2. The van der Waals surface area contributed by atoms with Crippen LogP contribution in [-0.4, -0.2) is 18.7 Å². The number of hydrogen-bond donors (Lipinski definition) is 1. The van der Waals surface area contributed by atoms with Gasteiger partial charge in [-0.25, -0.2) is 4.98 Å². The van der Waals surface area contributed by atoms with Crippen molar-refractivity contribution in [2.75, 3.05) is 12.4 Å². The first kappa shape index (κ1) is 13.1. The lowest BCUT2D eigenvalue weighted by molar-refractivity contribution is -0.0512. The molecule has 0 bridgehead atoms. The highest BCUT2D eigenvalue weighted by Crippen LogP contribution is 2.31. The first-order valence-electron chi connectivity index (χ1n) is 5.43. The number of halogens is 2. The molecule has 0 radical (unpaired) electrons. The van der Waals surface area contributed by atoms with E-state index in [2.05, 4.69) is 15.0 Å². The van der Waals surface area contributed by atoms with Crippen molar-refractivity contribution in [2.24, 2.45) is 0 Å². The van der Waals surface area contributed by atoms with E-state index in [1.165, 1.54) is 19.6 Å². The number of rotatable bonds is 6. The Balaban J connectivity index is 2.05. The molecule has 0 aliphatic rings. The van der Waals surface area contributed by atoms with Crippen molar-refractivity contribution in [3.8, 4) is 11.5 Å². The molecule has 1 N–H and O–H groups in total. The quantitative estimate of drug-likeness (QED) is 0.874. The van der Waals surface area contributed by atoms with Gasteiger partial charge in [0.05, 0.1) is 19.9 Å². The lowest BCUT2D eigenvalue weighted by Gasteiger charge is -2.12. The van der Waals surface area contributed by atoms with Gasteiger partial charge in [0.25, 0.3) is 0 Å². The van der Waals surface area contributed by atoms with Gasteiger partial charge >= 0.3 is 6.61 Å². The van der Waals surface area contributed by atoms with E-state index in [4.69, 9.17) is 9.15 Å². The van der Waals surface area contributed by atoms with Gasteiger partial charge in [0.1, 0.15) is 5.76 Å². The second-order valence-electron chi connectivity index (χ2n) is 3.57. The van der Waals surface area contributed by atoms with Crippen LogP contribution < -0.4 is 14.8 Å². The van der Waals surface area contributed by atoms with Crippen LogP contribution in [0.15, 0.2) is 35.2 Å². The Morgan fingerprint density at radius 2 is 2.21 bits per heavy atom. The standard InChI is InChI=1S/C12H12F2N2O3/c1-17-11-4-8(2-3-10(11)19-12(13)14)16-6-9-5-15-7-18-9/h2-5,7,12,16H,6H2,1H3. The molecule has 0 saturated heterocycles. The Bertz CT molecular complexity index is 518. The summed E-state index contributed by atoms with van der Waals surface area (Å²) in [5.41, 5.74) is 0.690. The van der Waals surface area contributed by atoms with E-state index >= 15 is 0 Å². The maximum atomic E-state index is 12.2. The number of nitrogens with zero attached hydrogens (tertiary/aromatic N) is 1. The van der Waals surface area contributed by atoms with Gasteiger partial charge in [-0.15, -0.1) is 0 Å². The molecular weight excluding hydrogens is 258 g/mol. The van der Waals surface area contributed by atoms with Crippen molar-refractivity contribution in [3.63, 3.8) is 0 Å². The highest BCUT2D eigenvalue weighted by atomic mass is 19.3. The second-order valence-corrected chi connectivity index (χ2v) is 3.57. The normalized spacial score (nSPS) is 10.5. The third kappa shape index (κ3) is 3.57. The molecule has 0 unspecified atom stereocenters. The van der Waals surface area contributed by atoms with E-state index < -0.39 is 6.61 Å². The van der Waals surface area contributed by atoms with Crippen molar-refractivity contribution in [3.05, 3.63) is 36.5 Å². The highest BCUT2D eigenvalue weighted by Gasteiger charge is 2.11. The molecule has 2 rings (SSSR count). The molecule has 2 aromatic rings. The average Bonchev–Trinajstić information content (AvgIpc) is 2.90. The zero-order valence-electron chi connectivity index (χ0n) is 10.1. The summed E-state index contributed by atoms with van der Waals surface area (Å²) < 4.78 is 38.7. The minimum Gasteiger partial charge on any atom is -0.493 e. The van der Waals surface area contributed by atoms with Crippen molar-refractivity contribution in [1.29, 1.82) is 0 Å². The first-order chi connectivity index (χ1) is 9.19. The number of nitrogens with one attached hydrogen (secondary N) is 1. The largest absolute Gasteiger partial charge is 0.493 e. The van der Waals surface area contributed by atoms with Gasteiger partial charge in [0.15, 0.2) is 17.9 Å². The maximum absolute atomic E-state index is 12.2. The van der Waals surface area contributed by atoms with Crippen molar-refractivity contribution < 1.29 is 22.7 Å². The van der Waals surface area contributed by atoms with Gasteiger partial charge in [0.2, 0.25) is 0 Å². The van der Waals surface area contributed by atoms with Crippen LogP contribution in [-0.2, 0) is 6.54 Å². The highest BCUT2D eigenvalue weighted by molar-refractivity contribution is 5.54. The summed E-state index contributed by atoms with van der Waals surface area (Å²) in [6.07, 6.45) is 2.91. The third-order valence-electron chi connectivity index (χ3n) is 2.33. The summed E-state index contributed by atoms with van der Waals surface area (Å²) >= 11 is 0. The number of oxazole rings is 1. The van der Waals surface area contributed by atoms with Crippen LogP contribution in [0.1, 0.15) is 5.76 Å². The molecule has 0 spiro atoms.